The van der Waals surface area contributed by atoms with Gasteiger partial charge in [-0.1, -0.05) is 6.42 Å². The van der Waals surface area contributed by atoms with Gasteiger partial charge in [-0.3, -0.25) is 9.89 Å². The van der Waals surface area contributed by atoms with Crippen molar-refractivity contribution < 1.29 is 13.2 Å². The maximum absolute atomic E-state index is 12.5. The van der Waals surface area contributed by atoms with E-state index in [-0.39, 0.29) is 11.6 Å². The molecule has 1 saturated carbocycles. The van der Waals surface area contributed by atoms with E-state index in [4.69, 9.17) is 0 Å². The van der Waals surface area contributed by atoms with Gasteiger partial charge in [-0.25, -0.2) is 4.98 Å². The van der Waals surface area contributed by atoms with Crippen molar-refractivity contribution in [2.24, 2.45) is 0 Å². The summed E-state index contributed by atoms with van der Waals surface area (Å²) in [5.74, 6) is -0.862. The molecule has 0 aliphatic heterocycles. The minimum Gasteiger partial charge on any atom is -0.269 e. The molecule has 2 aromatic rings. The fourth-order valence-corrected chi connectivity index (χ4v) is 2.12. The third-order valence-electron chi connectivity index (χ3n) is 3.32. The average molecular weight is 257 g/mol. The van der Waals surface area contributed by atoms with Gasteiger partial charge in [0.25, 0.3) is 5.56 Å². The highest BCUT2D eigenvalue weighted by Gasteiger charge is 2.35. The highest BCUT2D eigenvalue weighted by molar-refractivity contribution is 5.42. The minimum absolute atomic E-state index is 0.0247. The average Bonchev–Trinajstić information content (AvgIpc) is 2.58. The zero-order valence-corrected chi connectivity index (χ0v) is 9.29. The van der Waals surface area contributed by atoms with Crippen LogP contribution in [0.3, 0.4) is 0 Å². The molecule has 0 amide bonds. The first-order chi connectivity index (χ1) is 8.45. The second-order valence-electron chi connectivity index (χ2n) is 4.52. The van der Waals surface area contributed by atoms with Crippen LogP contribution in [0.1, 0.15) is 36.6 Å². The van der Waals surface area contributed by atoms with Crippen LogP contribution in [0, 0.1) is 0 Å². The molecule has 4 nitrogen and oxygen atoms in total. The van der Waals surface area contributed by atoms with Crippen molar-refractivity contribution in [3.8, 4) is 0 Å². The summed E-state index contributed by atoms with van der Waals surface area (Å²) in [6.45, 7) is 0. The second kappa shape index (κ2) is 3.60. The zero-order chi connectivity index (χ0) is 12.9. The summed E-state index contributed by atoms with van der Waals surface area (Å²) in [5.41, 5.74) is 0.306. The highest BCUT2D eigenvalue weighted by atomic mass is 19.4. The van der Waals surface area contributed by atoms with Crippen molar-refractivity contribution in [2.45, 2.75) is 31.4 Å². The Labute approximate surface area is 99.4 Å². The fraction of sp³-hybridized carbons (Fsp3) is 0.455. The predicted molar refractivity (Wildman–Crippen MR) is 57.4 cm³/mol. The number of H-pyrrole nitrogens is 1. The van der Waals surface area contributed by atoms with Crippen LogP contribution in [0.4, 0.5) is 13.2 Å². The van der Waals surface area contributed by atoms with E-state index in [1.54, 1.807) is 6.07 Å². The van der Waals surface area contributed by atoms with Gasteiger partial charge in [0, 0.05) is 6.07 Å². The lowest BCUT2D eigenvalue weighted by molar-refractivity contribution is -0.144. The molecular formula is C11H10F3N3O. The van der Waals surface area contributed by atoms with E-state index in [0.29, 0.717) is 0 Å². The Kier molecular flexibility index (Phi) is 2.26. The summed E-state index contributed by atoms with van der Waals surface area (Å²) in [5, 5.41) is 1.97. The molecule has 0 aromatic carbocycles. The van der Waals surface area contributed by atoms with Crippen LogP contribution in [-0.4, -0.2) is 14.6 Å². The number of nitrogens with one attached hydrogen (secondary N) is 1. The predicted octanol–water partition coefficient (Wildman–Crippen LogP) is 2.31. The Morgan fingerprint density at radius 1 is 1.33 bits per heavy atom. The van der Waals surface area contributed by atoms with Gasteiger partial charge in [-0.2, -0.15) is 17.7 Å². The molecule has 0 bridgehead atoms. The Hall–Kier alpha value is -1.79. The summed E-state index contributed by atoms with van der Waals surface area (Å²) in [7, 11) is 0. The standard InChI is InChI=1S/C11H10F3N3O/c12-11(13,14)10-15-8-4-7(6-2-1-3-6)5-9(18)17(8)16-10/h4-6H,1-3H2,(H,15,16). The third kappa shape index (κ3) is 1.70. The molecule has 2 heterocycles. The van der Waals surface area contributed by atoms with E-state index >= 15 is 0 Å². The van der Waals surface area contributed by atoms with Gasteiger partial charge in [-0.05, 0) is 30.4 Å². The first-order valence-corrected chi connectivity index (χ1v) is 5.65. The molecule has 2 aromatic heterocycles. The minimum atomic E-state index is -4.57. The molecule has 7 heteroatoms. The van der Waals surface area contributed by atoms with E-state index in [0.717, 1.165) is 29.3 Å². The number of alkyl halides is 3. The molecule has 96 valence electrons. The van der Waals surface area contributed by atoms with Crippen LogP contribution in [0.25, 0.3) is 5.65 Å². The monoisotopic (exact) mass is 257 g/mol. The second-order valence-corrected chi connectivity index (χ2v) is 4.52. The van der Waals surface area contributed by atoms with Crippen molar-refractivity contribution in [3.63, 3.8) is 0 Å². The number of aromatic amines is 1. The molecule has 1 aliphatic rings. The van der Waals surface area contributed by atoms with E-state index in [1.807, 2.05) is 5.10 Å². The van der Waals surface area contributed by atoms with Crippen molar-refractivity contribution in [1.29, 1.82) is 0 Å². The first-order valence-electron chi connectivity index (χ1n) is 5.65. The van der Waals surface area contributed by atoms with Crippen molar-refractivity contribution >= 4 is 5.65 Å². The lowest BCUT2D eigenvalue weighted by Crippen LogP contribution is -2.18. The smallest absolute Gasteiger partial charge is 0.269 e. The SMILES string of the molecule is O=c1cc(C2CCC2)cc2nc(C(F)(F)F)[nH]n12. The number of halogens is 3. The van der Waals surface area contributed by atoms with Crippen molar-refractivity contribution in [3.05, 3.63) is 33.9 Å². The molecule has 18 heavy (non-hydrogen) atoms. The molecule has 0 atom stereocenters. The Balaban J connectivity index is 2.15. The van der Waals surface area contributed by atoms with Gasteiger partial charge in [0.1, 0.15) is 0 Å². The molecule has 1 aliphatic carbocycles. The highest BCUT2D eigenvalue weighted by Crippen LogP contribution is 2.36. The van der Waals surface area contributed by atoms with Crippen LogP contribution in [0.2, 0.25) is 0 Å². The fourth-order valence-electron chi connectivity index (χ4n) is 2.12. The van der Waals surface area contributed by atoms with E-state index in [1.165, 1.54) is 6.07 Å². The molecule has 1 N–H and O–H groups in total. The van der Waals surface area contributed by atoms with Crippen LogP contribution in [0.5, 0.6) is 0 Å². The van der Waals surface area contributed by atoms with Gasteiger partial charge in [0.05, 0.1) is 0 Å². The normalized spacial score (nSPS) is 17.1. The number of fused-ring (bicyclic) bond motifs is 1. The lowest BCUT2D eigenvalue weighted by Gasteiger charge is -2.25. The molecular weight excluding hydrogens is 247 g/mol. The maximum atomic E-state index is 12.5. The Bertz CT molecular complexity index is 652. The van der Waals surface area contributed by atoms with Crippen molar-refractivity contribution in [2.75, 3.05) is 0 Å². The first kappa shape index (κ1) is 11.3. The van der Waals surface area contributed by atoms with E-state index in [9.17, 15) is 18.0 Å². The van der Waals surface area contributed by atoms with Gasteiger partial charge >= 0.3 is 6.18 Å². The quantitative estimate of drug-likeness (QED) is 0.852. The number of pyridine rings is 1. The topological polar surface area (TPSA) is 50.2 Å². The van der Waals surface area contributed by atoms with Gasteiger partial charge in [-0.15, -0.1) is 0 Å². The molecule has 0 radical (unpaired) electrons. The van der Waals surface area contributed by atoms with Gasteiger partial charge in [0.15, 0.2) is 5.65 Å². The van der Waals surface area contributed by atoms with Crippen LogP contribution >= 0.6 is 0 Å². The summed E-state index contributed by atoms with van der Waals surface area (Å²) in [4.78, 5) is 15.1. The largest absolute Gasteiger partial charge is 0.451 e. The summed E-state index contributed by atoms with van der Waals surface area (Å²) in [6.07, 6.45) is -1.52. The van der Waals surface area contributed by atoms with Crippen molar-refractivity contribution in [1.82, 2.24) is 14.6 Å². The lowest BCUT2D eigenvalue weighted by atomic mass is 9.80. The van der Waals surface area contributed by atoms with E-state index < -0.39 is 17.6 Å². The van der Waals surface area contributed by atoms with Crippen LogP contribution in [0.15, 0.2) is 16.9 Å². The maximum Gasteiger partial charge on any atom is 0.451 e. The van der Waals surface area contributed by atoms with Crippen LogP contribution in [-0.2, 0) is 6.18 Å². The molecule has 1 fully saturated rings. The Morgan fingerprint density at radius 2 is 2.06 bits per heavy atom. The summed E-state index contributed by atoms with van der Waals surface area (Å²) < 4.78 is 38.3. The zero-order valence-electron chi connectivity index (χ0n) is 9.29. The number of hydrogen-bond acceptors (Lipinski definition) is 2. The number of rotatable bonds is 1. The number of nitrogens with zero attached hydrogens (tertiary/aromatic N) is 2. The van der Waals surface area contributed by atoms with Gasteiger partial charge in [0.2, 0.25) is 5.82 Å². The molecule has 0 unspecified atom stereocenters. The van der Waals surface area contributed by atoms with E-state index in [2.05, 4.69) is 4.98 Å². The molecule has 0 saturated heterocycles. The Morgan fingerprint density at radius 3 is 2.61 bits per heavy atom. The van der Waals surface area contributed by atoms with Gasteiger partial charge < -0.3 is 0 Å². The number of aromatic nitrogens is 3. The summed E-state index contributed by atoms with van der Waals surface area (Å²) in [6, 6.07) is 2.94. The van der Waals surface area contributed by atoms with Crippen LogP contribution < -0.4 is 5.56 Å². The molecule has 0 spiro atoms. The molecule has 3 rings (SSSR count). The summed E-state index contributed by atoms with van der Waals surface area (Å²) >= 11 is 0. The number of hydrogen-bond donors (Lipinski definition) is 1. The third-order valence-corrected chi connectivity index (χ3v) is 3.32.